The van der Waals surface area contributed by atoms with Crippen LogP contribution < -0.4 is 10.1 Å². The lowest BCUT2D eigenvalue weighted by Gasteiger charge is -2.31. The van der Waals surface area contributed by atoms with Crippen LogP contribution in [0.4, 0.5) is 0 Å². The van der Waals surface area contributed by atoms with Crippen LogP contribution in [0, 0.1) is 5.92 Å². The van der Waals surface area contributed by atoms with Crippen molar-refractivity contribution >= 4 is 11.8 Å². The molecule has 2 amide bonds. The molecule has 1 fully saturated rings. The summed E-state index contributed by atoms with van der Waals surface area (Å²) >= 11 is 0. The van der Waals surface area contributed by atoms with Gasteiger partial charge in [-0.25, -0.2) is 0 Å². The Kier molecular flexibility index (Phi) is 6.62. The maximum Gasteiger partial charge on any atom is 0.257 e. The van der Waals surface area contributed by atoms with Crippen molar-refractivity contribution in [2.45, 2.75) is 19.4 Å². The van der Waals surface area contributed by atoms with E-state index in [1.807, 2.05) is 83.8 Å². The molecule has 158 valence electrons. The second-order valence-corrected chi connectivity index (χ2v) is 7.68. The third-order valence-electron chi connectivity index (χ3n) is 5.55. The summed E-state index contributed by atoms with van der Waals surface area (Å²) < 4.78 is 5.94. The number of piperidine rings is 1. The number of carbonyl (C=O) groups excluding carboxylic acids is 2. The summed E-state index contributed by atoms with van der Waals surface area (Å²) in [4.78, 5) is 27.5. The van der Waals surface area contributed by atoms with Gasteiger partial charge in [0.15, 0.2) is 0 Å². The molecule has 0 radical (unpaired) electrons. The van der Waals surface area contributed by atoms with Gasteiger partial charge in [-0.05, 0) is 42.7 Å². The molecule has 5 nitrogen and oxygen atoms in total. The van der Waals surface area contributed by atoms with Crippen LogP contribution >= 0.6 is 0 Å². The van der Waals surface area contributed by atoms with Crippen LogP contribution in [0.25, 0.3) is 0 Å². The third kappa shape index (κ3) is 5.31. The van der Waals surface area contributed by atoms with Gasteiger partial charge in [0.05, 0.1) is 5.56 Å². The van der Waals surface area contributed by atoms with Crippen LogP contribution in [0.3, 0.4) is 0 Å². The third-order valence-corrected chi connectivity index (χ3v) is 5.55. The predicted molar refractivity (Wildman–Crippen MR) is 120 cm³/mol. The van der Waals surface area contributed by atoms with E-state index in [4.69, 9.17) is 4.74 Å². The number of nitrogens with one attached hydrogen (secondary N) is 1. The second-order valence-electron chi connectivity index (χ2n) is 7.68. The standard InChI is InChI=1S/C26H26N2O3/c29-25(27-19-20-9-3-1-4-10-20)21-15-17-28(18-16-21)26(30)23-13-7-8-14-24(23)31-22-11-5-2-6-12-22/h1-14,21H,15-19H2,(H,27,29). The highest BCUT2D eigenvalue weighted by molar-refractivity contribution is 5.97. The van der Waals surface area contributed by atoms with E-state index >= 15 is 0 Å². The molecular formula is C26H26N2O3. The van der Waals surface area contributed by atoms with Crippen LogP contribution in [0.2, 0.25) is 0 Å². The van der Waals surface area contributed by atoms with E-state index in [1.165, 1.54) is 0 Å². The van der Waals surface area contributed by atoms with Crippen LogP contribution in [0.1, 0.15) is 28.8 Å². The summed E-state index contributed by atoms with van der Waals surface area (Å²) in [5.41, 5.74) is 1.62. The fourth-order valence-corrected chi connectivity index (χ4v) is 3.79. The van der Waals surface area contributed by atoms with E-state index in [2.05, 4.69) is 5.32 Å². The molecular weight excluding hydrogens is 388 g/mol. The Morgan fingerprint density at radius 1 is 0.839 bits per heavy atom. The van der Waals surface area contributed by atoms with Crippen molar-refractivity contribution in [3.05, 3.63) is 96.1 Å². The molecule has 0 atom stereocenters. The molecule has 4 rings (SSSR count). The van der Waals surface area contributed by atoms with E-state index in [9.17, 15) is 9.59 Å². The number of carbonyl (C=O) groups is 2. The van der Waals surface area contributed by atoms with Crippen molar-refractivity contribution in [3.8, 4) is 11.5 Å². The van der Waals surface area contributed by atoms with Crippen LogP contribution in [0.15, 0.2) is 84.9 Å². The van der Waals surface area contributed by atoms with Gasteiger partial charge in [-0.1, -0.05) is 60.7 Å². The zero-order chi connectivity index (χ0) is 21.5. The lowest BCUT2D eigenvalue weighted by Crippen LogP contribution is -2.43. The highest BCUT2D eigenvalue weighted by Gasteiger charge is 2.28. The largest absolute Gasteiger partial charge is 0.457 e. The lowest BCUT2D eigenvalue weighted by atomic mass is 9.95. The van der Waals surface area contributed by atoms with Gasteiger partial charge in [0.2, 0.25) is 5.91 Å². The van der Waals surface area contributed by atoms with Crippen molar-refractivity contribution in [2.24, 2.45) is 5.92 Å². The lowest BCUT2D eigenvalue weighted by molar-refractivity contribution is -0.126. The zero-order valence-electron chi connectivity index (χ0n) is 17.4. The van der Waals surface area contributed by atoms with Gasteiger partial charge in [0, 0.05) is 25.6 Å². The first kappa shape index (κ1) is 20.7. The molecule has 1 N–H and O–H groups in total. The topological polar surface area (TPSA) is 58.6 Å². The van der Waals surface area contributed by atoms with Gasteiger partial charge in [0.1, 0.15) is 11.5 Å². The van der Waals surface area contributed by atoms with Crippen LogP contribution in [0.5, 0.6) is 11.5 Å². The minimum atomic E-state index is -0.0661. The highest BCUT2D eigenvalue weighted by Crippen LogP contribution is 2.27. The van der Waals surface area contributed by atoms with Crippen molar-refractivity contribution in [1.82, 2.24) is 10.2 Å². The maximum absolute atomic E-state index is 13.1. The quantitative estimate of drug-likeness (QED) is 0.639. The van der Waals surface area contributed by atoms with Gasteiger partial charge >= 0.3 is 0 Å². The zero-order valence-corrected chi connectivity index (χ0v) is 17.4. The Labute approximate surface area is 182 Å². The number of benzene rings is 3. The minimum absolute atomic E-state index is 0.0590. The molecule has 0 aliphatic carbocycles. The molecule has 0 saturated carbocycles. The van der Waals surface area contributed by atoms with Crippen LogP contribution in [-0.2, 0) is 11.3 Å². The number of para-hydroxylation sites is 2. The molecule has 0 aromatic heterocycles. The summed E-state index contributed by atoms with van der Waals surface area (Å²) in [6.45, 7) is 1.65. The average molecular weight is 415 g/mol. The molecule has 1 aliphatic heterocycles. The van der Waals surface area contributed by atoms with Crippen molar-refractivity contribution < 1.29 is 14.3 Å². The number of hydrogen-bond acceptors (Lipinski definition) is 3. The first-order valence-electron chi connectivity index (χ1n) is 10.6. The summed E-state index contributed by atoms with van der Waals surface area (Å²) in [5, 5.41) is 3.02. The number of nitrogens with zero attached hydrogens (tertiary/aromatic N) is 1. The number of likely N-dealkylation sites (tertiary alicyclic amines) is 1. The Bertz CT molecular complexity index is 1010. The van der Waals surface area contributed by atoms with Gasteiger partial charge in [0.25, 0.3) is 5.91 Å². The van der Waals surface area contributed by atoms with Crippen molar-refractivity contribution in [3.63, 3.8) is 0 Å². The van der Waals surface area contributed by atoms with Crippen molar-refractivity contribution in [1.29, 1.82) is 0 Å². The van der Waals surface area contributed by atoms with Gasteiger partial charge in [-0.15, -0.1) is 0 Å². The van der Waals surface area contributed by atoms with Crippen molar-refractivity contribution in [2.75, 3.05) is 13.1 Å². The smallest absolute Gasteiger partial charge is 0.257 e. The molecule has 31 heavy (non-hydrogen) atoms. The SMILES string of the molecule is O=C(NCc1ccccc1)C1CCN(C(=O)c2ccccc2Oc2ccccc2)CC1. The number of ether oxygens (including phenoxy) is 1. The summed E-state index contributed by atoms with van der Waals surface area (Å²) in [6.07, 6.45) is 1.32. The summed E-state index contributed by atoms with van der Waals surface area (Å²) in [6, 6.07) is 26.6. The molecule has 0 unspecified atom stereocenters. The molecule has 1 heterocycles. The minimum Gasteiger partial charge on any atom is -0.457 e. The number of amides is 2. The number of rotatable bonds is 6. The average Bonchev–Trinajstić information content (AvgIpc) is 2.84. The summed E-state index contributed by atoms with van der Waals surface area (Å²) in [5.74, 6) is 1.17. The molecule has 0 bridgehead atoms. The Hall–Kier alpha value is -3.60. The fourth-order valence-electron chi connectivity index (χ4n) is 3.79. The molecule has 3 aromatic carbocycles. The summed E-state index contributed by atoms with van der Waals surface area (Å²) in [7, 11) is 0. The first-order chi connectivity index (χ1) is 15.2. The Balaban J connectivity index is 1.34. The molecule has 0 spiro atoms. The van der Waals surface area contributed by atoms with E-state index in [-0.39, 0.29) is 17.7 Å². The monoisotopic (exact) mass is 414 g/mol. The van der Waals surface area contributed by atoms with Gasteiger partial charge in [-0.2, -0.15) is 0 Å². The first-order valence-corrected chi connectivity index (χ1v) is 10.6. The Morgan fingerprint density at radius 3 is 2.16 bits per heavy atom. The van der Waals surface area contributed by atoms with Gasteiger partial charge in [-0.3, -0.25) is 9.59 Å². The fraction of sp³-hybridized carbons (Fsp3) is 0.231. The van der Waals surface area contributed by atoms with E-state index < -0.39 is 0 Å². The van der Waals surface area contributed by atoms with E-state index in [0.29, 0.717) is 49.5 Å². The van der Waals surface area contributed by atoms with Crippen LogP contribution in [-0.4, -0.2) is 29.8 Å². The van der Waals surface area contributed by atoms with Gasteiger partial charge < -0.3 is 15.0 Å². The molecule has 5 heteroatoms. The second kappa shape index (κ2) is 9.94. The maximum atomic E-state index is 13.1. The number of hydrogen-bond donors (Lipinski definition) is 1. The molecule has 3 aromatic rings. The molecule has 1 aliphatic rings. The molecule has 1 saturated heterocycles. The Morgan fingerprint density at radius 2 is 1.45 bits per heavy atom. The van der Waals surface area contributed by atoms with E-state index in [1.54, 1.807) is 6.07 Å². The normalized spacial score (nSPS) is 14.1. The highest BCUT2D eigenvalue weighted by atomic mass is 16.5. The van der Waals surface area contributed by atoms with E-state index in [0.717, 1.165) is 5.56 Å². The predicted octanol–water partition coefficient (Wildman–Crippen LogP) is 4.65.